The number of alkyl halides is 3. The van der Waals surface area contributed by atoms with E-state index in [2.05, 4.69) is 10.4 Å². The summed E-state index contributed by atoms with van der Waals surface area (Å²) in [6.45, 7) is 0. The monoisotopic (exact) mass is 315 g/mol. The molecule has 0 fully saturated rings. The Morgan fingerprint density at radius 2 is 1.95 bits per heavy atom. The molecule has 2 heterocycles. The second kappa shape index (κ2) is 4.77. The SMILES string of the molecule is O=C1C[C@H](C(F)(F)F)c2cnn(-c3ccc(Cl)cc3)c2N1. The van der Waals surface area contributed by atoms with Crippen LogP contribution in [0.1, 0.15) is 17.9 Å². The van der Waals surface area contributed by atoms with Crippen molar-refractivity contribution in [1.82, 2.24) is 9.78 Å². The molecule has 0 bridgehead atoms. The zero-order chi connectivity index (χ0) is 15.2. The van der Waals surface area contributed by atoms with Crippen molar-refractivity contribution in [3.8, 4) is 5.69 Å². The van der Waals surface area contributed by atoms with Crippen molar-refractivity contribution in [2.75, 3.05) is 5.32 Å². The summed E-state index contributed by atoms with van der Waals surface area (Å²) in [6.07, 6.45) is -3.97. The lowest BCUT2D eigenvalue weighted by atomic mass is 9.94. The molecule has 0 aliphatic carbocycles. The van der Waals surface area contributed by atoms with E-state index >= 15 is 0 Å². The van der Waals surface area contributed by atoms with E-state index in [1.165, 1.54) is 4.68 Å². The fourth-order valence-corrected chi connectivity index (χ4v) is 2.42. The number of fused-ring (bicyclic) bond motifs is 1. The molecule has 0 radical (unpaired) electrons. The maximum Gasteiger partial charge on any atom is 0.396 e. The van der Waals surface area contributed by atoms with Crippen molar-refractivity contribution in [3.05, 3.63) is 41.0 Å². The Morgan fingerprint density at radius 3 is 2.57 bits per heavy atom. The molecule has 4 nitrogen and oxygen atoms in total. The lowest BCUT2D eigenvalue weighted by Gasteiger charge is -2.25. The fraction of sp³-hybridized carbons (Fsp3) is 0.231. The maximum atomic E-state index is 13.0. The Balaban J connectivity index is 2.09. The van der Waals surface area contributed by atoms with Crippen LogP contribution < -0.4 is 5.32 Å². The first-order chi connectivity index (χ1) is 9.86. The van der Waals surface area contributed by atoms with Gasteiger partial charge in [0, 0.05) is 17.0 Å². The molecule has 1 aliphatic rings. The smallest absolute Gasteiger partial charge is 0.310 e. The Labute approximate surface area is 122 Å². The van der Waals surface area contributed by atoms with Crippen LogP contribution in [0.2, 0.25) is 5.02 Å². The number of benzene rings is 1. The van der Waals surface area contributed by atoms with Crippen LogP contribution in [-0.2, 0) is 4.79 Å². The van der Waals surface area contributed by atoms with Gasteiger partial charge in [-0.3, -0.25) is 4.79 Å². The number of hydrogen-bond donors (Lipinski definition) is 1. The first kappa shape index (κ1) is 13.9. The van der Waals surface area contributed by atoms with Crippen molar-refractivity contribution in [1.29, 1.82) is 0 Å². The predicted octanol–water partition coefficient (Wildman–Crippen LogP) is 3.51. The predicted molar refractivity (Wildman–Crippen MR) is 70.6 cm³/mol. The van der Waals surface area contributed by atoms with Crippen molar-refractivity contribution >= 4 is 23.3 Å². The molecule has 110 valence electrons. The zero-order valence-corrected chi connectivity index (χ0v) is 11.2. The topological polar surface area (TPSA) is 46.9 Å². The lowest BCUT2D eigenvalue weighted by molar-refractivity contribution is -0.156. The molecule has 21 heavy (non-hydrogen) atoms. The van der Waals surface area contributed by atoms with E-state index < -0.39 is 24.4 Å². The minimum absolute atomic E-state index is 0.0305. The minimum atomic E-state index is -4.49. The molecule has 1 aromatic heterocycles. The average Bonchev–Trinajstić information content (AvgIpc) is 2.81. The van der Waals surface area contributed by atoms with Gasteiger partial charge in [0.2, 0.25) is 5.91 Å². The molecule has 0 spiro atoms. The number of hydrogen-bond acceptors (Lipinski definition) is 2. The largest absolute Gasteiger partial charge is 0.396 e. The van der Waals surface area contributed by atoms with Gasteiger partial charge in [-0.1, -0.05) is 11.6 Å². The van der Waals surface area contributed by atoms with Crippen LogP contribution in [0.4, 0.5) is 19.0 Å². The Hall–Kier alpha value is -2.02. The number of anilines is 1. The van der Waals surface area contributed by atoms with Gasteiger partial charge in [-0.05, 0) is 24.3 Å². The summed E-state index contributed by atoms with van der Waals surface area (Å²) in [5.74, 6) is -2.46. The molecule has 1 aliphatic heterocycles. The van der Waals surface area contributed by atoms with E-state index in [1.54, 1.807) is 24.3 Å². The number of amides is 1. The van der Waals surface area contributed by atoms with Gasteiger partial charge in [0.1, 0.15) is 5.82 Å². The molecule has 3 rings (SSSR count). The Kier molecular flexibility index (Phi) is 3.16. The molecular weight excluding hydrogens is 307 g/mol. The number of nitrogens with one attached hydrogen (secondary N) is 1. The van der Waals surface area contributed by atoms with Crippen LogP contribution in [0.3, 0.4) is 0 Å². The minimum Gasteiger partial charge on any atom is -0.310 e. The molecule has 8 heteroatoms. The van der Waals surface area contributed by atoms with Crippen molar-refractivity contribution in [2.45, 2.75) is 18.5 Å². The van der Waals surface area contributed by atoms with Crippen molar-refractivity contribution in [3.63, 3.8) is 0 Å². The third-order valence-electron chi connectivity index (χ3n) is 3.29. The first-order valence-corrected chi connectivity index (χ1v) is 6.44. The number of nitrogens with zero attached hydrogens (tertiary/aromatic N) is 2. The third kappa shape index (κ3) is 2.49. The van der Waals surface area contributed by atoms with Gasteiger partial charge in [-0.25, -0.2) is 4.68 Å². The fourth-order valence-electron chi connectivity index (χ4n) is 2.29. The van der Waals surface area contributed by atoms with Gasteiger partial charge >= 0.3 is 6.18 Å². The van der Waals surface area contributed by atoms with Crippen LogP contribution >= 0.6 is 11.6 Å². The maximum absolute atomic E-state index is 13.0. The summed E-state index contributed by atoms with van der Waals surface area (Å²) in [7, 11) is 0. The molecule has 0 unspecified atom stereocenters. The first-order valence-electron chi connectivity index (χ1n) is 6.06. The normalized spacial score (nSPS) is 18.3. The van der Waals surface area contributed by atoms with Gasteiger partial charge in [0.15, 0.2) is 0 Å². The van der Waals surface area contributed by atoms with Gasteiger partial charge in [-0.2, -0.15) is 18.3 Å². The Bertz CT molecular complexity index is 694. The van der Waals surface area contributed by atoms with Crippen LogP contribution in [0.15, 0.2) is 30.5 Å². The highest BCUT2D eigenvalue weighted by Gasteiger charge is 2.46. The van der Waals surface area contributed by atoms with Crippen LogP contribution in [-0.4, -0.2) is 21.9 Å². The number of carbonyl (C=O) groups is 1. The summed E-state index contributed by atoms with van der Waals surface area (Å²) >= 11 is 5.77. The van der Waals surface area contributed by atoms with E-state index in [4.69, 9.17) is 11.6 Å². The van der Waals surface area contributed by atoms with E-state index in [1.807, 2.05) is 0 Å². The summed E-state index contributed by atoms with van der Waals surface area (Å²) < 4.78 is 40.3. The zero-order valence-electron chi connectivity index (χ0n) is 10.5. The molecule has 0 saturated carbocycles. The van der Waals surface area contributed by atoms with E-state index in [0.29, 0.717) is 10.7 Å². The highest BCUT2D eigenvalue weighted by molar-refractivity contribution is 6.30. The summed E-state index contributed by atoms with van der Waals surface area (Å²) in [6, 6.07) is 6.41. The van der Waals surface area contributed by atoms with Crippen LogP contribution in [0.25, 0.3) is 5.69 Å². The van der Waals surface area contributed by atoms with E-state index in [9.17, 15) is 18.0 Å². The summed E-state index contributed by atoms with van der Waals surface area (Å²) in [4.78, 5) is 11.5. The quantitative estimate of drug-likeness (QED) is 0.875. The second-order valence-electron chi connectivity index (χ2n) is 4.68. The van der Waals surface area contributed by atoms with Crippen LogP contribution in [0, 0.1) is 0 Å². The summed E-state index contributed by atoms with van der Waals surface area (Å²) in [5.41, 5.74) is 0.487. The molecule has 1 atom stereocenters. The number of carbonyl (C=O) groups excluding carboxylic acids is 1. The summed E-state index contributed by atoms with van der Waals surface area (Å²) in [5, 5.41) is 6.90. The van der Waals surface area contributed by atoms with E-state index in [-0.39, 0.29) is 11.4 Å². The molecule has 2 aromatic rings. The van der Waals surface area contributed by atoms with Gasteiger partial charge in [-0.15, -0.1) is 0 Å². The van der Waals surface area contributed by atoms with Gasteiger partial charge in [0.25, 0.3) is 0 Å². The van der Waals surface area contributed by atoms with Gasteiger partial charge < -0.3 is 5.32 Å². The Morgan fingerprint density at radius 1 is 1.29 bits per heavy atom. The average molecular weight is 316 g/mol. The highest BCUT2D eigenvalue weighted by Crippen LogP contribution is 2.43. The lowest BCUT2D eigenvalue weighted by Crippen LogP contribution is -2.31. The third-order valence-corrected chi connectivity index (χ3v) is 3.54. The number of rotatable bonds is 1. The standard InChI is InChI=1S/C13H9ClF3N3O/c14-7-1-3-8(4-2-7)20-12-9(6-18-20)10(13(15,16)17)5-11(21)19-12/h1-4,6,10H,5H2,(H,19,21)/t10-/m0/s1. The van der Waals surface area contributed by atoms with Crippen molar-refractivity contribution < 1.29 is 18.0 Å². The molecule has 0 saturated heterocycles. The molecular formula is C13H9ClF3N3O. The molecule has 1 amide bonds. The highest BCUT2D eigenvalue weighted by atomic mass is 35.5. The number of aromatic nitrogens is 2. The second-order valence-corrected chi connectivity index (χ2v) is 5.12. The molecule has 1 aromatic carbocycles. The van der Waals surface area contributed by atoms with Crippen LogP contribution in [0.5, 0.6) is 0 Å². The number of halogens is 4. The van der Waals surface area contributed by atoms with E-state index in [0.717, 1.165) is 6.20 Å². The van der Waals surface area contributed by atoms with Gasteiger partial charge in [0.05, 0.1) is 17.8 Å². The van der Waals surface area contributed by atoms with Crippen molar-refractivity contribution in [2.24, 2.45) is 0 Å². The molecule has 1 N–H and O–H groups in total.